The van der Waals surface area contributed by atoms with E-state index in [4.69, 9.17) is 14.6 Å². The fourth-order valence-electron chi connectivity index (χ4n) is 4.32. The Labute approximate surface area is 286 Å². The Kier molecular flexibility index (Phi) is 14.2. The first-order valence-electron chi connectivity index (χ1n) is 14.0. The van der Waals surface area contributed by atoms with Crippen molar-refractivity contribution in [3.05, 3.63) is 76.6 Å². The topological polar surface area (TPSA) is 84.8 Å². The minimum absolute atomic E-state index is 0. The summed E-state index contributed by atoms with van der Waals surface area (Å²) in [4.78, 5) is 20.0. The van der Waals surface area contributed by atoms with E-state index in [1.54, 1.807) is 13.8 Å². The number of carbonyl (C=O) groups is 1. The van der Waals surface area contributed by atoms with Crippen LogP contribution in [0, 0.1) is 0 Å². The molecule has 47 heavy (non-hydrogen) atoms. The number of aromatic nitrogens is 2. The molecule has 1 aromatic heterocycles. The van der Waals surface area contributed by atoms with Crippen LogP contribution in [0.1, 0.15) is 67.3 Å². The summed E-state index contributed by atoms with van der Waals surface area (Å²) in [6.45, 7) is 2.40. The second-order valence-electron chi connectivity index (χ2n) is 10.2. The average molecular weight is 692 g/mol. The van der Waals surface area contributed by atoms with Crippen molar-refractivity contribution in [2.45, 2.75) is 77.3 Å². The molecule has 17 heteroatoms. The summed E-state index contributed by atoms with van der Waals surface area (Å²) in [5.74, 6) is -1.19. The van der Waals surface area contributed by atoms with Crippen molar-refractivity contribution in [1.82, 2.24) is 9.97 Å². The summed E-state index contributed by atoms with van der Waals surface area (Å²) >= 11 is 0. The second-order valence-corrected chi connectivity index (χ2v) is 10.2. The van der Waals surface area contributed by atoms with Crippen LogP contribution in [0.5, 0.6) is 11.5 Å². The van der Waals surface area contributed by atoms with E-state index in [-0.39, 0.29) is 78.1 Å². The molecule has 0 saturated heterocycles. The van der Waals surface area contributed by atoms with Crippen molar-refractivity contribution in [3.63, 3.8) is 0 Å². The second kappa shape index (κ2) is 16.7. The number of hydrogen-bond donors (Lipinski definition) is 1. The van der Waals surface area contributed by atoms with E-state index in [2.05, 4.69) is 9.97 Å². The van der Waals surface area contributed by atoms with Gasteiger partial charge in [0.1, 0.15) is 5.75 Å². The van der Waals surface area contributed by atoms with Crippen molar-refractivity contribution in [1.29, 1.82) is 0 Å². The van der Waals surface area contributed by atoms with Gasteiger partial charge in [0.2, 0.25) is 5.95 Å². The number of rotatable bonds is 14. The number of nitrogens with zero attached hydrogens (tertiary/aromatic N) is 3. The van der Waals surface area contributed by atoms with Gasteiger partial charge in [0, 0.05) is 25.1 Å². The first kappa shape index (κ1) is 39.9. The summed E-state index contributed by atoms with van der Waals surface area (Å²) in [5, 5.41) is 8.75. The summed E-state index contributed by atoms with van der Waals surface area (Å²) in [7, 11) is 0. The Balaban J connectivity index is 0.00000768. The zero-order chi connectivity index (χ0) is 34.3. The van der Waals surface area contributed by atoms with E-state index < -0.39 is 65.9 Å². The molecule has 0 bridgehead atoms. The van der Waals surface area contributed by atoms with Crippen molar-refractivity contribution in [2.75, 3.05) is 11.5 Å². The van der Waals surface area contributed by atoms with E-state index in [1.807, 2.05) is 0 Å². The Morgan fingerprint density at radius 2 is 1.38 bits per heavy atom. The zero-order valence-corrected chi connectivity index (χ0v) is 24.6. The SMILES string of the molecule is CCC(CC)Oc1ccc(C(F)(F)F)cc1CN(Cc1cc(C(F)(F)F)cc(C(F)(F)F)c1)c1ncc(OCCCC(=O)O)cn1.[NaH]. The molecule has 0 aliphatic heterocycles. The predicted octanol–water partition coefficient (Wildman–Crippen LogP) is 7.90. The predicted molar refractivity (Wildman–Crippen MR) is 154 cm³/mol. The monoisotopic (exact) mass is 691 g/mol. The van der Waals surface area contributed by atoms with Gasteiger partial charge < -0.3 is 19.5 Å². The molecule has 0 unspecified atom stereocenters. The van der Waals surface area contributed by atoms with Crippen LogP contribution < -0.4 is 14.4 Å². The number of ether oxygens (including phenoxy) is 2. The quantitative estimate of drug-likeness (QED) is 0.105. The molecule has 0 aliphatic rings. The first-order valence-corrected chi connectivity index (χ1v) is 14.0. The molecule has 1 heterocycles. The zero-order valence-electron chi connectivity index (χ0n) is 24.6. The van der Waals surface area contributed by atoms with Crippen LogP contribution in [0.2, 0.25) is 0 Å². The third kappa shape index (κ3) is 12.1. The summed E-state index contributed by atoms with van der Waals surface area (Å²) in [6, 6.07) is 3.69. The molecule has 2 aromatic carbocycles. The number of benzene rings is 2. The van der Waals surface area contributed by atoms with Gasteiger partial charge in [-0.15, -0.1) is 0 Å². The Bertz CT molecular complexity index is 1430. The normalized spacial score (nSPS) is 12.1. The van der Waals surface area contributed by atoms with E-state index in [0.717, 1.165) is 35.5 Å². The van der Waals surface area contributed by atoms with E-state index >= 15 is 0 Å². The van der Waals surface area contributed by atoms with Crippen molar-refractivity contribution in [2.24, 2.45) is 0 Å². The molecule has 1 N–H and O–H groups in total. The van der Waals surface area contributed by atoms with E-state index in [1.165, 1.54) is 0 Å². The molecular weight excluding hydrogens is 660 g/mol. The first-order chi connectivity index (χ1) is 21.4. The van der Waals surface area contributed by atoms with Crippen LogP contribution in [0.15, 0.2) is 48.8 Å². The molecule has 0 aliphatic carbocycles. The fourth-order valence-corrected chi connectivity index (χ4v) is 4.32. The van der Waals surface area contributed by atoms with Gasteiger partial charge in [-0.05, 0) is 61.2 Å². The van der Waals surface area contributed by atoms with Gasteiger partial charge in [-0.25, -0.2) is 9.97 Å². The summed E-state index contributed by atoms with van der Waals surface area (Å²) in [6.07, 6.45) is -12.2. The number of carboxylic acids is 1. The molecule has 0 fully saturated rings. The van der Waals surface area contributed by atoms with Gasteiger partial charge in [-0.2, -0.15) is 39.5 Å². The number of anilines is 1. The standard InChI is InChI=1S/C30H30F9N3O4.Na.H/c1-3-23(4-2)46-25-8-7-20(28(31,32)33)12-19(25)17-42(27-40-14-24(15-41-27)45-9-5-6-26(43)44)16-18-10-21(29(34,35)36)13-22(11-18)30(37,38)39;;/h7-8,10-15,23H,3-6,9,16-17H2,1-2H3,(H,43,44);;. The molecule has 0 amide bonds. The number of hydrogen-bond acceptors (Lipinski definition) is 6. The summed E-state index contributed by atoms with van der Waals surface area (Å²) in [5.41, 5.74) is -4.72. The van der Waals surface area contributed by atoms with Crippen LogP contribution in [0.4, 0.5) is 45.5 Å². The molecule has 0 atom stereocenters. The molecular formula is C30H31F9N3NaO4. The summed E-state index contributed by atoms with van der Waals surface area (Å²) < 4.78 is 134. The fraction of sp³-hybridized carbons (Fsp3) is 0.433. The molecule has 7 nitrogen and oxygen atoms in total. The van der Waals surface area contributed by atoms with Gasteiger partial charge in [-0.1, -0.05) is 13.8 Å². The molecule has 3 rings (SSSR count). The molecule has 0 saturated carbocycles. The van der Waals surface area contributed by atoms with Crippen LogP contribution in [0.3, 0.4) is 0 Å². The van der Waals surface area contributed by atoms with Gasteiger partial charge in [0.15, 0.2) is 5.75 Å². The van der Waals surface area contributed by atoms with Gasteiger partial charge in [-0.3, -0.25) is 4.79 Å². The van der Waals surface area contributed by atoms with Crippen LogP contribution >= 0.6 is 0 Å². The van der Waals surface area contributed by atoms with E-state index in [0.29, 0.717) is 25.0 Å². The molecule has 0 spiro atoms. The molecule has 0 radical (unpaired) electrons. The van der Waals surface area contributed by atoms with Gasteiger partial charge >= 0.3 is 54.1 Å². The number of carboxylic acid groups (broad SMARTS) is 1. The number of halogens is 9. The van der Waals surface area contributed by atoms with Crippen molar-refractivity contribution >= 4 is 41.5 Å². The van der Waals surface area contributed by atoms with Gasteiger partial charge in [0.25, 0.3) is 0 Å². The van der Waals surface area contributed by atoms with Crippen LogP contribution in [0.25, 0.3) is 0 Å². The van der Waals surface area contributed by atoms with Crippen molar-refractivity contribution in [3.8, 4) is 11.5 Å². The Morgan fingerprint density at radius 1 is 0.830 bits per heavy atom. The maximum absolute atomic E-state index is 13.7. The third-order valence-corrected chi connectivity index (χ3v) is 6.68. The van der Waals surface area contributed by atoms with Crippen LogP contribution in [-0.2, 0) is 36.4 Å². The van der Waals surface area contributed by atoms with E-state index in [9.17, 15) is 44.3 Å². The Hall–Kier alpha value is -3.24. The van der Waals surface area contributed by atoms with Crippen LogP contribution in [-0.4, -0.2) is 63.3 Å². The average Bonchev–Trinajstić information content (AvgIpc) is 2.97. The number of alkyl halides is 9. The van der Waals surface area contributed by atoms with Crippen molar-refractivity contribution < 1.29 is 58.9 Å². The van der Waals surface area contributed by atoms with Gasteiger partial charge in [0.05, 0.1) is 41.8 Å². The Morgan fingerprint density at radius 3 is 1.87 bits per heavy atom. The molecule has 254 valence electrons. The number of aliphatic carboxylic acids is 1. The molecule has 3 aromatic rings. The third-order valence-electron chi connectivity index (χ3n) is 6.68. The minimum atomic E-state index is -5.13. The maximum atomic E-state index is 13.7.